The molecule has 6 N–H and O–H groups in total. The number of aliphatic hydroxyl groups is 3. The number of aromatic nitrogens is 3. The van der Waals surface area contributed by atoms with E-state index in [1.165, 1.54) is 7.11 Å². The Hall–Kier alpha value is -1.71. The molecule has 96 valence electrons. The summed E-state index contributed by atoms with van der Waals surface area (Å²) in [6.45, 7) is -1.52. The van der Waals surface area contributed by atoms with Gasteiger partial charge < -0.3 is 31.1 Å². The molecule has 9 nitrogen and oxygen atoms in total. The molecule has 0 aromatic carbocycles. The topological polar surface area (TPSA) is 147 Å². The number of ether oxygens (including phenoxy) is 1. The predicted molar refractivity (Wildman–Crippen MR) is 58.4 cm³/mol. The van der Waals surface area contributed by atoms with Crippen molar-refractivity contribution in [3.05, 3.63) is 0 Å². The predicted octanol–water partition coefficient (Wildman–Crippen LogP) is -2.41. The monoisotopic (exact) mass is 245 g/mol. The summed E-state index contributed by atoms with van der Waals surface area (Å²) in [6, 6.07) is -0.0114. The molecule has 1 aromatic rings. The molecular formula is C8H15N5O4. The lowest BCUT2D eigenvalue weighted by molar-refractivity contribution is 0.0827. The number of hydrogen-bond donors (Lipinski definition) is 5. The number of rotatable bonds is 6. The van der Waals surface area contributed by atoms with Gasteiger partial charge in [-0.2, -0.15) is 15.0 Å². The normalized spacial score (nSPS) is 11.3. The van der Waals surface area contributed by atoms with E-state index in [1.54, 1.807) is 0 Å². The van der Waals surface area contributed by atoms with Crippen LogP contribution in [0.15, 0.2) is 0 Å². The van der Waals surface area contributed by atoms with Gasteiger partial charge in [-0.05, 0) is 0 Å². The van der Waals surface area contributed by atoms with Crippen LogP contribution in [-0.4, -0.2) is 62.7 Å². The molecule has 0 unspecified atom stereocenters. The molecule has 0 fully saturated rings. The Balaban J connectivity index is 2.96. The third-order valence-electron chi connectivity index (χ3n) is 2.10. The Morgan fingerprint density at radius 1 is 1.18 bits per heavy atom. The largest absolute Gasteiger partial charge is 0.467 e. The molecule has 0 spiro atoms. The quantitative estimate of drug-likeness (QED) is 0.369. The van der Waals surface area contributed by atoms with Gasteiger partial charge in [-0.3, -0.25) is 0 Å². The fourth-order valence-electron chi connectivity index (χ4n) is 1.03. The molecule has 0 amide bonds. The van der Waals surface area contributed by atoms with Crippen LogP contribution in [0.25, 0.3) is 0 Å². The van der Waals surface area contributed by atoms with Crippen LogP contribution in [-0.2, 0) is 0 Å². The second-order valence-corrected chi connectivity index (χ2v) is 3.38. The van der Waals surface area contributed by atoms with Gasteiger partial charge in [0.2, 0.25) is 11.9 Å². The van der Waals surface area contributed by atoms with Crippen molar-refractivity contribution in [1.29, 1.82) is 0 Å². The minimum absolute atomic E-state index is 0.00787. The number of nitrogens with zero attached hydrogens (tertiary/aromatic N) is 3. The summed E-state index contributed by atoms with van der Waals surface area (Å²) in [5.74, 6) is -0.0893. The summed E-state index contributed by atoms with van der Waals surface area (Å²) >= 11 is 0. The van der Waals surface area contributed by atoms with Crippen molar-refractivity contribution >= 4 is 11.9 Å². The molecular weight excluding hydrogens is 230 g/mol. The highest BCUT2D eigenvalue weighted by Crippen LogP contribution is 2.14. The van der Waals surface area contributed by atoms with Gasteiger partial charge >= 0.3 is 6.01 Å². The summed E-state index contributed by atoms with van der Waals surface area (Å²) in [5, 5.41) is 29.9. The van der Waals surface area contributed by atoms with Crippen LogP contribution in [0.1, 0.15) is 0 Å². The Morgan fingerprint density at radius 2 is 1.76 bits per heavy atom. The van der Waals surface area contributed by atoms with Crippen LogP contribution < -0.4 is 15.8 Å². The smallest absolute Gasteiger partial charge is 0.322 e. The molecule has 0 aliphatic heterocycles. The molecule has 17 heavy (non-hydrogen) atoms. The molecule has 0 saturated heterocycles. The van der Waals surface area contributed by atoms with Gasteiger partial charge in [0.05, 0.1) is 26.9 Å². The number of nitrogen functional groups attached to an aromatic ring is 1. The van der Waals surface area contributed by atoms with Crippen molar-refractivity contribution in [3.63, 3.8) is 0 Å². The highest BCUT2D eigenvalue weighted by molar-refractivity contribution is 5.35. The third kappa shape index (κ3) is 3.12. The number of aliphatic hydroxyl groups excluding tert-OH is 3. The van der Waals surface area contributed by atoms with Gasteiger partial charge in [0, 0.05) is 0 Å². The Labute approximate surface area is 97.3 Å². The fourth-order valence-corrected chi connectivity index (χ4v) is 1.03. The first kappa shape index (κ1) is 13.4. The van der Waals surface area contributed by atoms with E-state index in [0.717, 1.165) is 0 Å². The number of anilines is 2. The van der Waals surface area contributed by atoms with Gasteiger partial charge in [-0.15, -0.1) is 0 Å². The van der Waals surface area contributed by atoms with E-state index in [0.29, 0.717) is 0 Å². The van der Waals surface area contributed by atoms with Gasteiger partial charge in [-0.1, -0.05) is 0 Å². The first-order valence-electron chi connectivity index (χ1n) is 4.75. The second kappa shape index (κ2) is 5.57. The zero-order valence-corrected chi connectivity index (χ0v) is 9.29. The van der Waals surface area contributed by atoms with Gasteiger partial charge in [0.25, 0.3) is 0 Å². The van der Waals surface area contributed by atoms with Crippen LogP contribution in [0.4, 0.5) is 11.9 Å². The lowest BCUT2D eigenvalue weighted by Crippen LogP contribution is -2.49. The molecule has 0 aliphatic rings. The van der Waals surface area contributed by atoms with E-state index in [4.69, 9.17) is 25.8 Å². The first-order chi connectivity index (χ1) is 8.09. The molecule has 0 radical (unpaired) electrons. The average molecular weight is 245 g/mol. The van der Waals surface area contributed by atoms with Crippen LogP contribution in [0.3, 0.4) is 0 Å². The van der Waals surface area contributed by atoms with Gasteiger partial charge in [-0.25, -0.2) is 0 Å². The van der Waals surface area contributed by atoms with Crippen LogP contribution >= 0.6 is 0 Å². The molecule has 0 bridgehead atoms. The molecule has 1 heterocycles. The molecule has 1 aromatic heterocycles. The number of methoxy groups -OCH3 is 1. The Bertz CT molecular complexity index is 363. The third-order valence-corrected chi connectivity index (χ3v) is 2.10. The number of nitrogens with one attached hydrogen (secondary N) is 1. The number of nitrogens with two attached hydrogens (primary N) is 1. The van der Waals surface area contributed by atoms with Gasteiger partial charge in [0.15, 0.2) is 0 Å². The van der Waals surface area contributed by atoms with E-state index >= 15 is 0 Å². The maximum absolute atomic E-state index is 9.12. The lowest BCUT2D eigenvalue weighted by atomic mass is 10.0. The SMILES string of the molecule is COc1nc(N)nc(NC(CO)(CO)CO)n1. The van der Waals surface area contributed by atoms with Crippen molar-refractivity contribution in [1.82, 2.24) is 15.0 Å². The van der Waals surface area contributed by atoms with Crippen LogP contribution in [0.2, 0.25) is 0 Å². The second-order valence-electron chi connectivity index (χ2n) is 3.38. The molecule has 0 saturated carbocycles. The van der Waals surface area contributed by atoms with E-state index in [9.17, 15) is 0 Å². The van der Waals surface area contributed by atoms with E-state index in [1.807, 2.05) is 0 Å². The van der Waals surface area contributed by atoms with Gasteiger partial charge in [0.1, 0.15) is 5.54 Å². The summed E-state index contributed by atoms with van der Waals surface area (Å²) in [6.07, 6.45) is 0. The van der Waals surface area contributed by atoms with Crippen molar-refractivity contribution in [2.75, 3.05) is 38.0 Å². The zero-order chi connectivity index (χ0) is 12.9. The maximum Gasteiger partial charge on any atom is 0.322 e. The summed E-state index contributed by atoms with van der Waals surface area (Å²) in [4.78, 5) is 11.2. The molecule has 0 aliphatic carbocycles. The van der Waals surface area contributed by atoms with E-state index in [-0.39, 0.29) is 17.9 Å². The summed E-state index contributed by atoms with van der Waals surface area (Å²) < 4.78 is 4.78. The van der Waals surface area contributed by atoms with Crippen molar-refractivity contribution in [3.8, 4) is 6.01 Å². The van der Waals surface area contributed by atoms with Crippen molar-refractivity contribution in [2.24, 2.45) is 0 Å². The minimum atomic E-state index is -1.33. The molecule has 1 rings (SSSR count). The highest BCUT2D eigenvalue weighted by Gasteiger charge is 2.29. The van der Waals surface area contributed by atoms with Crippen molar-refractivity contribution < 1.29 is 20.1 Å². The van der Waals surface area contributed by atoms with E-state index < -0.39 is 25.4 Å². The van der Waals surface area contributed by atoms with E-state index in [2.05, 4.69) is 20.3 Å². The summed E-state index contributed by atoms with van der Waals surface area (Å²) in [7, 11) is 1.36. The first-order valence-corrected chi connectivity index (χ1v) is 4.75. The Kier molecular flexibility index (Phi) is 4.37. The lowest BCUT2D eigenvalue weighted by Gasteiger charge is -2.28. The number of hydrogen-bond acceptors (Lipinski definition) is 9. The maximum atomic E-state index is 9.12. The van der Waals surface area contributed by atoms with Crippen molar-refractivity contribution in [2.45, 2.75) is 5.54 Å². The minimum Gasteiger partial charge on any atom is -0.467 e. The molecule has 9 heteroatoms. The average Bonchev–Trinajstić information content (AvgIpc) is 2.35. The Morgan fingerprint density at radius 3 is 2.24 bits per heavy atom. The fraction of sp³-hybridized carbons (Fsp3) is 0.625. The standard InChI is InChI=1S/C8H15N5O4/c1-17-7-11-5(9)10-6(12-7)13-8(2-14,3-15)4-16/h14-16H,2-4H2,1H3,(H3,9,10,11,12,13). The summed E-state index contributed by atoms with van der Waals surface area (Å²) in [5.41, 5.74) is 4.07. The zero-order valence-electron chi connectivity index (χ0n) is 9.29. The van der Waals surface area contributed by atoms with Crippen LogP contribution in [0, 0.1) is 0 Å². The van der Waals surface area contributed by atoms with Crippen LogP contribution in [0.5, 0.6) is 6.01 Å². The highest BCUT2D eigenvalue weighted by atomic mass is 16.5. The molecule has 0 atom stereocenters.